The van der Waals surface area contributed by atoms with Gasteiger partial charge >= 0.3 is 5.97 Å². The van der Waals surface area contributed by atoms with E-state index in [1.165, 1.54) is 33.8 Å². The molecule has 128 valence electrons. The van der Waals surface area contributed by atoms with E-state index in [1.54, 1.807) is 0 Å². The number of esters is 1. The molecule has 0 atom stereocenters. The second kappa shape index (κ2) is 7.23. The normalized spacial score (nSPS) is 15.5. The summed E-state index contributed by atoms with van der Waals surface area (Å²) in [6.45, 7) is 1.12. The van der Waals surface area contributed by atoms with Crippen molar-refractivity contribution in [1.82, 2.24) is 4.31 Å². The van der Waals surface area contributed by atoms with Gasteiger partial charge in [0.05, 0.1) is 10.6 Å². The summed E-state index contributed by atoms with van der Waals surface area (Å²) in [5.41, 5.74) is 0.175. The van der Waals surface area contributed by atoms with Gasteiger partial charge in [-0.15, -0.1) is 11.3 Å². The van der Waals surface area contributed by atoms with Crippen LogP contribution in [0.4, 0.5) is 0 Å². The average molecular weight is 386 g/mol. The minimum atomic E-state index is -3.69. The van der Waals surface area contributed by atoms with Crippen LogP contribution in [-0.4, -0.2) is 31.8 Å². The molecule has 0 bridgehead atoms. The molecule has 1 aromatic carbocycles. The van der Waals surface area contributed by atoms with Crippen LogP contribution >= 0.6 is 22.9 Å². The molecule has 0 aliphatic carbocycles. The minimum absolute atomic E-state index is 0.0448. The van der Waals surface area contributed by atoms with Crippen LogP contribution in [0, 0.1) is 0 Å². The third-order valence-corrected chi connectivity index (χ3v) is 7.01. The summed E-state index contributed by atoms with van der Waals surface area (Å²) in [5, 5.41) is 2.00. The zero-order chi connectivity index (χ0) is 17.2. The van der Waals surface area contributed by atoms with E-state index in [0.29, 0.717) is 13.1 Å². The Balaban J connectivity index is 1.81. The second-order valence-corrected chi connectivity index (χ2v) is 8.76. The Labute approximate surface area is 149 Å². The van der Waals surface area contributed by atoms with Gasteiger partial charge < -0.3 is 4.74 Å². The fourth-order valence-corrected chi connectivity index (χ4v) is 5.14. The first-order chi connectivity index (χ1) is 11.5. The molecule has 1 fully saturated rings. The van der Waals surface area contributed by atoms with E-state index in [0.717, 1.165) is 17.7 Å². The van der Waals surface area contributed by atoms with Crippen molar-refractivity contribution in [2.75, 3.05) is 13.1 Å². The van der Waals surface area contributed by atoms with E-state index < -0.39 is 16.0 Å². The van der Waals surface area contributed by atoms with Crippen molar-refractivity contribution in [3.8, 4) is 0 Å². The monoisotopic (exact) mass is 385 g/mol. The number of sulfonamides is 1. The van der Waals surface area contributed by atoms with Gasteiger partial charge in [-0.1, -0.05) is 17.7 Å². The fraction of sp³-hybridized carbons (Fsp3) is 0.312. The predicted molar refractivity (Wildman–Crippen MR) is 92.9 cm³/mol. The van der Waals surface area contributed by atoms with E-state index in [-0.39, 0.29) is 22.1 Å². The van der Waals surface area contributed by atoms with Gasteiger partial charge in [0, 0.05) is 18.0 Å². The van der Waals surface area contributed by atoms with Crippen LogP contribution in [0.2, 0.25) is 5.02 Å². The molecule has 3 rings (SSSR count). The summed E-state index contributed by atoms with van der Waals surface area (Å²) in [6, 6.07) is 7.93. The van der Waals surface area contributed by atoms with Gasteiger partial charge in [-0.2, -0.15) is 4.31 Å². The molecule has 5 nitrogen and oxygen atoms in total. The fourth-order valence-electron chi connectivity index (χ4n) is 2.51. The number of carbonyl (C=O) groups is 1. The average Bonchev–Trinajstić information content (AvgIpc) is 3.26. The molecule has 1 saturated heterocycles. The largest absolute Gasteiger partial charge is 0.456 e. The van der Waals surface area contributed by atoms with Crippen LogP contribution in [0.15, 0.2) is 40.6 Å². The third kappa shape index (κ3) is 3.64. The van der Waals surface area contributed by atoms with Crippen molar-refractivity contribution in [3.63, 3.8) is 0 Å². The van der Waals surface area contributed by atoms with Crippen LogP contribution in [0.25, 0.3) is 0 Å². The number of hydrogen-bond donors (Lipinski definition) is 0. The summed E-state index contributed by atoms with van der Waals surface area (Å²) < 4.78 is 32.0. The second-order valence-electron chi connectivity index (χ2n) is 5.41. The maximum absolute atomic E-state index is 12.7. The first-order valence-corrected chi connectivity index (χ1v) is 10.2. The topological polar surface area (TPSA) is 63.7 Å². The number of ether oxygens (including phenoxy) is 1. The molecule has 1 aromatic heterocycles. The number of rotatable bonds is 5. The lowest BCUT2D eigenvalue weighted by molar-refractivity contribution is 0.0476. The highest BCUT2D eigenvalue weighted by Gasteiger charge is 2.29. The summed E-state index contributed by atoms with van der Waals surface area (Å²) in [4.78, 5) is 13.1. The number of nitrogens with zero attached hydrogens (tertiary/aromatic N) is 1. The lowest BCUT2D eigenvalue weighted by Crippen LogP contribution is -2.28. The Morgan fingerprint density at radius 3 is 2.67 bits per heavy atom. The summed E-state index contributed by atoms with van der Waals surface area (Å²) in [7, 11) is -3.69. The van der Waals surface area contributed by atoms with Crippen LogP contribution in [0.5, 0.6) is 0 Å². The van der Waals surface area contributed by atoms with Crippen LogP contribution in [0.3, 0.4) is 0 Å². The zero-order valence-corrected chi connectivity index (χ0v) is 15.2. The predicted octanol–water partition coefficient (Wildman–Crippen LogP) is 3.54. The van der Waals surface area contributed by atoms with E-state index >= 15 is 0 Å². The van der Waals surface area contributed by atoms with Crippen molar-refractivity contribution in [2.24, 2.45) is 0 Å². The summed E-state index contributed by atoms with van der Waals surface area (Å²) in [5.74, 6) is -0.571. The molecule has 0 amide bonds. The zero-order valence-electron chi connectivity index (χ0n) is 12.8. The molecule has 0 unspecified atom stereocenters. The number of halogens is 1. The van der Waals surface area contributed by atoms with Crippen molar-refractivity contribution < 1.29 is 17.9 Å². The summed E-state index contributed by atoms with van der Waals surface area (Å²) >= 11 is 7.55. The Morgan fingerprint density at radius 1 is 1.25 bits per heavy atom. The van der Waals surface area contributed by atoms with Crippen molar-refractivity contribution in [2.45, 2.75) is 24.3 Å². The van der Waals surface area contributed by atoms with Gasteiger partial charge in [-0.05, 0) is 42.5 Å². The van der Waals surface area contributed by atoms with Gasteiger partial charge in [-0.3, -0.25) is 0 Å². The quantitative estimate of drug-likeness (QED) is 0.738. The Kier molecular flexibility index (Phi) is 5.24. The highest BCUT2D eigenvalue weighted by atomic mass is 35.5. The lowest BCUT2D eigenvalue weighted by atomic mass is 10.2. The molecule has 0 radical (unpaired) electrons. The Hall–Kier alpha value is -1.41. The maximum Gasteiger partial charge on any atom is 0.338 e. The van der Waals surface area contributed by atoms with Gasteiger partial charge in [-0.25, -0.2) is 13.2 Å². The van der Waals surface area contributed by atoms with E-state index in [2.05, 4.69) is 0 Å². The molecule has 1 aliphatic heterocycles. The molecular weight excluding hydrogens is 370 g/mol. The molecule has 2 aromatic rings. The van der Waals surface area contributed by atoms with Crippen molar-refractivity contribution in [1.29, 1.82) is 0 Å². The van der Waals surface area contributed by atoms with Crippen LogP contribution in [-0.2, 0) is 21.4 Å². The molecule has 0 N–H and O–H groups in total. The van der Waals surface area contributed by atoms with E-state index in [9.17, 15) is 13.2 Å². The number of thiophene rings is 1. The smallest absolute Gasteiger partial charge is 0.338 e. The van der Waals surface area contributed by atoms with Crippen molar-refractivity contribution >= 4 is 38.9 Å². The highest BCUT2D eigenvalue weighted by molar-refractivity contribution is 7.89. The molecule has 24 heavy (non-hydrogen) atoms. The summed E-state index contributed by atoms with van der Waals surface area (Å²) in [6.07, 6.45) is 1.67. The SMILES string of the molecule is O=C(OCc1cccs1)c1ccc(Cl)c(S(=O)(=O)N2CCCC2)c1. The lowest BCUT2D eigenvalue weighted by Gasteiger charge is -2.17. The molecule has 0 saturated carbocycles. The maximum atomic E-state index is 12.7. The third-order valence-electron chi connectivity index (χ3n) is 3.78. The molecule has 8 heteroatoms. The molecule has 2 heterocycles. The van der Waals surface area contributed by atoms with E-state index in [1.807, 2.05) is 17.5 Å². The number of hydrogen-bond acceptors (Lipinski definition) is 5. The Morgan fingerprint density at radius 2 is 2.00 bits per heavy atom. The standard InChI is InChI=1S/C16H16ClNO4S2/c17-14-6-5-12(16(19)22-11-13-4-3-9-23-13)10-15(14)24(20,21)18-7-1-2-8-18/h3-6,9-10H,1-2,7-8,11H2. The minimum Gasteiger partial charge on any atom is -0.456 e. The van der Waals surface area contributed by atoms with Gasteiger partial charge in [0.25, 0.3) is 0 Å². The van der Waals surface area contributed by atoms with Gasteiger partial charge in [0.2, 0.25) is 10.0 Å². The molecule has 1 aliphatic rings. The number of benzene rings is 1. The van der Waals surface area contributed by atoms with Gasteiger partial charge in [0.15, 0.2) is 0 Å². The first kappa shape index (κ1) is 17.4. The van der Waals surface area contributed by atoms with Crippen LogP contribution < -0.4 is 0 Å². The first-order valence-electron chi connectivity index (χ1n) is 7.48. The molecule has 0 spiro atoms. The van der Waals surface area contributed by atoms with E-state index in [4.69, 9.17) is 16.3 Å². The number of carbonyl (C=O) groups excluding carboxylic acids is 1. The molecular formula is C16H16ClNO4S2. The Bertz CT molecular complexity index is 828. The van der Waals surface area contributed by atoms with Crippen molar-refractivity contribution in [3.05, 3.63) is 51.2 Å². The van der Waals surface area contributed by atoms with Crippen LogP contribution in [0.1, 0.15) is 28.1 Å². The van der Waals surface area contributed by atoms with Gasteiger partial charge in [0.1, 0.15) is 11.5 Å². The highest BCUT2D eigenvalue weighted by Crippen LogP contribution is 2.28.